The normalized spacial score (nSPS) is 16.6. The fraction of sp³-hybridized carbons (Fsp3) is 0.400. The Hall–Kier alpha value is -1.38. The number of hydrogen-bond donors (Lipinski definition) is 1. The number of halogens is 2. The minimum absolute atomic E-state index is 0. The van der Waals surface area contributed by atoms with Crippen LogP contribution < -0.4 is 10.1 Å². The van der Waals surface area contributed by atoms with Crippen LogP contribution in [0.4, 0.5) is 10.9 Å². The maximum atomic E-state index is 11.4. The molecule has 2 aromatic rings. The Labute approximate surface area is 159 Å². The molecule has 9 heteroatoms. The van der Waals surface area contributed by atoms with Gasteiger partial charge in [-0.05, 0) is 28.9 Å². The van der Waals surface area contributed by atoms with Crippen molar-refractivity contribution in [2.75, 3.05) is 18.4 Å². The summed E-state index contributed by atoms with van der Waals surface area (Å²) in [6.07, 6.45) is 2.52. The molecule has 1 amide bonds. The molecule has 130 valence electrons. The van der Waals surface area contributed by atoms with E-state index < -0.39 is 0 Å². The van der Waals surface area contributed by atoms with Gasteiger partial charge in [0.05, 0.1) is 12.2 Å². The van der Waals surface area contributed by atoms with Crippen molar-refractivity contribution in [1.29, 1.82) is 0 Å². The second-order valence-electron chi connectivity index (χ2n) is 5.41. The standard InChI is InChI=1S/C15H17BrN4O2S.ClH/c1-9-8-23-15(18-9)19-14-13(5-11(16)6-17-14)22-12-3-4-20(7-12)10(2)21;/h5-6,8,12H,3-4,7H2,1-2H3,(H,17,18,19);1H. The van der Waals surface area contributed by atoms with Crippen molar-refractivity contribution >= 4 is 56.5 Å². The lowest BCUT2D eigenvalue weighted by molar-refractivity contribution is -0.128. The molecule has 1 saturated heterocycles. The first-order valence-corrected chi connectivity index (χ1v) is 8.95. The molecule has 3 rings (SSSR count). The predicted molar refractivity (Wildman–Crippen MR) is 101 cm³/mol. The minimum Gasteiger partial charge on any atom is -0.485 e. The molecule has 1 fully saturated rings. The number of nitrogens with one attached hydrogen (secondary N) is 1. The van der Waals surface area contributed by atoms with Crippen molar-refractivity contribution in [3.8, 4) is 5.75 Å². The van der Waals surface area contributed by atoms with Gasteiger partial charge in [-0.1, -0.05) is 0 Å². The van der Waals surface area contributed by atoms with Crippen LogP contribution in [0.3, 0.4) is 0 Å². The van der Waals surface area contributed by atoms with Crippen LogP contribution in [0.1, 0.15) is 19.0 Å². The van der Waals surface area contributed by atoms with Crippen LogP contribution in [0.5, 0.6) is 5.75 Å². The number of nitrogens with zero attached hydrogens (tertiary/aromatic N) is 3. The highest BCUT2D eigenvalue weighted by molar-refractivity contribution is 9.10. The molecule has 1 aliphatic rings. The van der Waals surface area contributed by atoms with Crippen molar-refractivity contribution < 1.29 is 9.53 Å². The first-order valence-electron chi connectivity index (χ1n) is 7.28. The first-order chi connectivity index (χ1) is 11.0. The number of thiazole rings is 1. The number of anilines is 2. The first kappa shape index (κ1) is 19.0. The highest BCUT2D eigenvalue weighted by Gasteiger charge is 2.26. The molecule has 1 unspecified atom stereocenters. The second kappa shape index (κ2) is 8.13. The molecule has 24 heavy (non-hydrogen) atoms. The van der Waals surface area contributed by atoms with Crippen molar-refractivity contribution in [3.63, 3.8) is 0 Å². The third-order valence-corrected chi connectivity index (χ3v) is 4.86. The lowest BCUT2D eigenvalue weighted by atomic mass is 10.3. The summed E-state index contributed by atoms with van der Waals surface area (Å²) in [4.78, 5) is 22.0. The topological polar surface area (TPSA) is 67.4 Å². The maximum Gasteiger partial charge on any atom is 0.219 e. The molecule has 1 atom stereocenters. The summed E-state index contributed by atoms with van der Waals surface area (Å²) in [5.74, 6) is 1.37. The molecular formula is C15H18BrClN4O2S. The average molecular weight is 434 g/mol. The summed E-state index contributed by atoms with van der Waals surface area (Å²) in [6.45, 7) is 4.87. The van der Waals surface area contributed by atoms with Gasteiger partial charge < -0.3 is 15.0 Å². The van der Waals surface area contributed by atoms with E-state index in [0.29, 0.717) is 18.1 Å². The van der Waals surface area contributed by atoms with Gasteiger partial charge in [0.25, 0.3) is 0 Å². The van der Waals surface area contributed by atoms with Crippen LogP contribution in [0, 0.1) is 6.92 Å². The SMILES string of the molecule is CC(=O)N1CCC(Oc2cc(Br)cnc2Nc2nc(C)cs2)C1.Cl. The van der Waals surface area contributed by atoms with E-state index in [1.54, 1.807) is 18.0 Å². The van der Waals surface area contributed by atoms with Gasteiger partial charge in [-0.15, -0.1) is 23.7 Å². The van der Waals surface area contributed by atoms with Gasteiger partial charge in [-0.2, -0.15) is 0 Å². The highest BCUT2D eigenvalue weighted by atomic mass is 79.9. The lowest BCUT2D eigenvalue weighted by Gasteiger charge is -2.17. The molecule has 6 nitrogen and oxygen atoms in total. The number of pyridine rings is 1. The van der Waals surface area contributed by atoms with E-state index in [9.17, 15) is 4.79 Å². The molecule has 0 radical (unpaired) electrons. The molecule has 0 saturated carbocycles. The van der Waals surface area contributed by atoms with E-state index in [1.165, 1.54) is 11.3 Å². The number of aryl methyl sites for hydroxylation is 1. The smallest absolute Gasteiger partial charge is 0.219 e. The summed E-state index contributed by atoms with van der Waals surface area (Å²) in [6, 6.07) is 1.88. The van der Waals surface area contributed by atoms with Gasteiger partial charge in [-0.25, -0.2) is 9.97 Å². The van der Waals surface area contributed by atoms with E-state index in [2.05, 4.69) is 31.2 Å². The third kappa shape index (κ3) is 4.58. The number of rotatable bonds is 4. The Bertz CT molecular complexity index is 727. The number of ether oxygens (including phenoxy) is 1. The van der Waals surface area contributed by atoms with E-state index in [0.717, 1.165) is 28.3 Å². The van der Waals surface area contributed by atoms with Crippen LogP contribution in [0.2, 0.25) is 0 Å². The van der Waals surface area contributed by atoms with Crippen LogP contribution >= 0.6 is 39.7 Å². The number of hydrogen-bond acceptors (Lipinski definition) is 6. The highest BCUT2D eigenvalue weighted by Crippen LogP contribution is 2.31. The maximum absolute atomic E-state index is 11.4. The van der Waals surface area contributed by atoms with Crippen molar-refractivity contribution in [1.82, 2.24) is 14.9 Å². The fourth-order valence-corrected chi connectivity index (χ4v) is 3.40. The zero-order valence-corrected chi connectivity index (χ0v) is 16.5. The lowest BCUT2D eigenvalue weighted by Crippen LogP contribution is -2.28. The predicted octanol–water partition coefficient (Wildman–Crippen LogP) is 3.77. The molecule has 0 aromatic carbocycles. The van der Waals surface area contributed by atoms with Crippen molar-refractivity contribution in [2.45, 2.75) is 26.4 Å². The summed E-state index contributed by atoms with van der Waals surface area (Å²) in [7, 11) is 0. The zero-order chi connectivity index (χ0) is 16.4. The van der Waals surface area contributed by atoms with Crippen molar-refractivity contribution in [2.24, 2.45) is 0 Å². The Balaban J connectivity index is 0.00000208. The zero-order valence-electron chi connectivity index (χ0n) is 13.3. The Morgan fingerprint density at radius 3 is 2.96 bits per heavy atom. The second-order valence-corrected chi connectivity index (χ2v) is 7.19. The Kier molecular flexibility index (Phi) is 6.42. The van der Waals surface area contributed by atoms with Crippen LogP contribution in [0.25, 0.3) is 0 Å². The summed E-state index contributed by atoms with van der Waals surface area (Å²) >= 11 is 4.94. The van der Waals surface area contributed by atoms with Crippen LogP contribution in [-0.2, 0) is 4.79 Å². The molecule has 3 heterocycles. The van der Waals surface area contributed by atoms with Gasteiger partial charge in [0.1, 0.15) is 6.10 Å². The fourth-order valence-electron chi connectivity index (χ4n) is 2.41. The van der Waals surface area contributed by atoms with Crippen molar-refractivity contribution in [3.05, 3.63) is 27.8 Å². The molecule has 0 bridgehead atoms. The number of carbonyl (C=O) groups is 1. The average Bonchev–Trinajstić information content (AvgIpc) is 3.11. The molecule has 1 aliphatic heterocycles. The van der Waals surface area contributed by atoms with Gasteiger partial charge in [-0.3, -0.25) is 4.79 Å². The van der Waals surface area contributed by atoms with Crippen LogP contribution in [0.15, 0.2) is 22.1 Å². The molecule has 2 aromatic heterocycles. The van der Waals surface area contributed by atoms with E-state index in [4.69, 9.17) is 4.74 Å². The number of aromatic nitrogens is 2. The molecule has 1 N–H and O–H groups in total. The summed E-state index contributed by atoms with van der Waals surface area (Å²) in [5.41, 5.74) is 0.963. The summed E-state index contributed by atoms with van der Waals surface area (Å²) in [5, 5.41) is 5.95. The van der Waals surface area contributed by atoms with E-state index in [-0.39, 0.29) is 24.4 Å². The van der Waals surface area contributed by atoms with E-state index >= 15 is 0 Å². The molecular weight excluding hydrogens is 416 g/mol. The molecule has 0 aliphatic carbocycles. The summed E-state index contributed by atoms with van der Waals surface area (Å²) < 4.78 is 6.92. The third-order valence-electron chi connectivity index (χ3n) is 3.55. The number of amides is 1. The Morgan fingerprint density at radius 2 is 2.33 bits per heavy atom. The molecule has 0 spiro atoms. The largest absolute Gasteiger partial charge is 0.485 e. The van der Waals surface area contributed by atoms with E-state index in [1.807, 2.05) is 18.4 Å². The number of likely N-dealkylation sites (tertiary alicyclic amines) is 1. The van der Waals surface area contributed by atoms with Gasteiger partial charge in [0, 0.05) is 35.9 Å². The van der Waals surface area contributed by atoms with Gasteiger partial charge in [0.2, 0.25) is 5.91 Å². The minimum atomic E-state index is -0.0198. The Morgan fingerprint density at radius 1 is 1.54 bits per heavy atom. The monoisotopic (exact) mass is 432 g/mol. The van der Waals surface area contributed by atoms with Gasteiger partial charge >= 0.3 is 0 Å². The quantitative estimate of drug-likeness (QED) is 0.795. The number of carbonyl (C=O) groups excluding carboxylic acids is 1. The van der Waals surface area contributed by atoms with Gasteiger partial charge in [0.15, 0.2) is 16.7 Å². The van der Waals surface area contributed by atoms with Crippen LogP contribution in [-0.4, -0.2) is 40.0 Å².